The van der Waals surface area contributed by atoms with E-state index in [1.165, 1.54) is 0 Å². The van der Waals surface area contributed by atoms with Crippen LogP contribution in [0.2, 0.25) is 0 Å². The third-order valence-electron chi connectivity index (χ3n) is 1.68. The number of methoxy groups -OCH3 is 1. The number of aliphatic hydroxyl groups excluding tert-OH is 1. The van der Waals surface area contributed by atoms with Gasteiger partial charge in [-0.15, -0.1) is 0 Å². The van der Waals surface area contributed by atoms with Gasteiger partial charge < -0.3 is 14.6 Å². The lowest BCUT2D eigenvalue weighted by Gasteiger charge is -2.09. The molecule has 14 heavy (non-hydrogen) atoms. The first kappa shape index (κ1) is 11.3. The van der Waals surface area contributed by atoms with Gasteiger partial charge in [0.15, 0.2) is 0 Å². The van der Waals surface area contributed by atoms with Crippen LogP contribution in [-0.4, -0.2) is 30.3 Å². The zero-order chi connectivity index (χ0) is 10.4. The lowest BCUT2D eigenvalue weighted by molar-refractivity contribution is 0.127. The van der Waals surface area contributed by atoms with E-state index in [1.807, 2.05) is 12.1 Å². The largest absolute Gasteiger partial charge is 0.497 e. The molecule has 0 amide bonds. The molecular weight excluding hydrogens is 248 g/mol. The molecule has 0 saturated heterocycles. The average Bonchev–Trinajstić information content (AvgIpc) is 2.26. The predicted octanol–water partition coefficient (Wildman–Crippen LogP) is 1.83. The molecule has 1 aromatic carbocycles. The van der Waals surface area contributed by atoms with Crippen LogP contribution in [0.5, 0.6) is 11.5 Å². The monoisotopic (exact) mass is 260 g/mol. The summed E-state index contributed by atoms with van der Waals surface area (Å²) in [6, 6.07) is 7.24. The Hall–Kier alpha value is -0.740. The highest BCUT2D eigenvalue weighted by Gasteiger charge is 2.02. The topological polar surface area (TPSA) is 38.7 Å². The molecule has 1 N–H and O–H groups in total. The van der Waals surface area contributed by atoms with E-state index in [9.17, 15) is 5.11 Å². The molecule has 1 aromatic rings. The van der Waals surface area contributed by atoms with E-state index in [-0.39, 0.29) is 6.61 Å². The van der Waals surface area contributed by atoms with Crippen molar-refractivity contribution in [3.63, 3.8) is 0 Å². The quantitative estimate of drug-likeness (QED) is 0.822. The van der Waals surface area contributed by atoms with Crippen LogP contribution in [0.25, 0.3) is 0 Å². The molecule has 1 atom stereocenters. The van der Waals surface area contributed by atoms with Gasteiger partial charge in [-0.05, 0) is 24.3 Å². The highest BCUT2D eigenvalue weighted by molar-refractivity contribution is 9.09. The molecule has 0 aliphatic carbocycles. The molecule has 0 fully saturated rings. The zero-order valence-corrected chi connectivity index (χ0v) is 9.53. The standard InChI is InChI=1S/C10H13BrO3/c1-13-9-2-4-10(5-3-9)14-7-8(12)6-11/h2-5,8,12H,6-7H2,1H3/t8-/m1/s1. The summed E-state index contributed by atoms with van der Waals surface area (Å²) in [5, 5.41) is 9.74. The molecule has 0 heterocycles. The molecule has 1 rings (SSSR count). The molecule has 0 bridgehead atoms. The molecule has 0 spiro atoms. The SMILES string of the molecule is COc1ccc(OC[C@H](O)CBr)cc1. The Morgan fingerprint density at radius 3 is 2.36 bits per heavy atom. The van der Waals surface area contributed by atoms with E-state index >= 15 is 0 Å². The summed E-state index contributed by atoms with van der Waals surface area (Å²) in [7, 11) is 1.62. The molecule has 0 aliphatic heterocycles. The number of benzene rings is 1. The Morgan fingerprint density at radius 2 is 1.86 bits per heavy atom. The van der Waals surface area contributed by atoms with Gasteiger partial charge in [-0.3, -0.25) is 0 Å². The summed E-state index contributed by atoms with van der Waals surface area (Å²) in [6.07, 6.45) is -0.475. The third-order valence-corrected chi connectivity index (χ3v) is 2.43. The Labute approximate surface area is 91.8 Å². The predicted molar refractivity (Wildman–Crippen MR) is 58.3 cm³/mol. The van der Waals surface area contributed by atoms with Gasteiger partial charge in [0.25, 0.3) is 0 Å². The Balaban J connectivity index is 2.43. The van der Waals surface area contributed by atoms with Crippen LogP contribution in [0, 0.1) is 0 Å². The maximum absolute atomic E-state index is 9.22. The first-order valence-corrected chi connectivity index (χ1v) is 5.39. The fourth-order valence-corrected chi connectivity index (χ4v) is 1.10. The minimum Gasteiger partial charge on any atom is -0.497 e. The first-order valence-electron chi connectivity index (χ1n) is 4.27. The number of hydrogen-bond donors (Lipinski definition) is 1. The molecule has 0 aromatic heterocycles. The van der Waals surface area contributed by atoms with E-state index < -0.39 is 6.10 Å². The molecule has 0 aliphatic rings. The van der Waals surface area contributed by atoms with Gasteiger partial charge in [0, 0.05) is 5.33 Å². The number of hydrogen-bond acceptors (Lipinski definition) is 3. The van der Waals surface area contributed by atoms with Gasteiger partial charge in [-0.25, -0.2) is 0 Å². The summed E-state index contributed by atoms with van der Waals surface area (Å²) in [4.78, 5) is 0. The number of rotatable bonds is 5. The van der Waals surface area contributed by atoms with Crippen molar-refractivity contribution in [3.8, 4) is 11.5 Å². The minimum absolute atomic E-state index is 0.289. The second kappa shape index (κ2) is 5.88. The van der Waals surface area contributed by atoms with Crippen LogP contribution in [0.4, 0.5) is 0 Å². The average molecular weight is 261 g/mol. The van der Waals surface area contributed by atoms with Crippen molar-refractivity contribution >= 4 is 15.9 Å². The lowest BCUT2D eigenvalue weighted by atomic mass is 10.3. The molecule has 0 unspecified atom stereocenters. The summed E-state index contributed by atoms with van der Waals surface area (Å²) in [5.41, 5.74) is 0. The molecular formula is C10H13BrO3. The highest BCUT2D eigenvalue weighted by Crippen LogP contribution is 2.17. The Bertz CT molecular complexity index is 261. The van der Waals surface area contributed by atoms with Crippen LogP contribution in [0.3, 0.4) is 0 Å². The van der Waals surface area contributed by atoms with Gasteiger partial charge in [0.05, 0.1) is 13.2 Å². The molecule has 0 saturated carbocycles. The van der Waals surface area contributed by atoms with Gasteiger partial charge in [-0.1, -0.05) is 15.9 Å². The van der Waals surface area contributed by atoms with Gasteiger partial charge in [0.1, 0.15) is 18.1 Å². The summed E-state index contributed by atoms with van der Waals surface area (Å²) in [6.45, 7) is 0.289. The third kappa shape index (κ3) is 3.55. The van der Waals surface area contributed by atoms with Crippen molar-refractivity contribution in [2.75, 3.05) is 19.0 Å². The van der Waals surface area contributed by atoms with E-state index in [4.69, 9.17) is 9.47 Å². The summed E-state index contributed by atoms with van der Waals surface area (Å²) in [5.74, 6) is 1.52. The lowest BCUT2D eigenvalue weighted by Crippen LogP contribution is -2.18. The maximum atomic E-state index is 9.22. The zero-order valence-electron chi connectivity index (χ0n) is 7.94. The van der Waals surface area contributed by atoms with Crippen LogP contribution in [-0.2, 0) is 0 Å². The van der Waals surface area contributed by atoms with Crippen LogP contribution < -0.4 is 9.47 Å². The fourth-order valence-electron chi connectivity index (χ4n) is 0.909. The smallest absolute Gasteiger partial charge is 0.119 e. The second-order valence-electron chi connectivity index (χ2n) is 2.79. The molecule has 4 heteroatoms. The van der Waals surface area contributed by atoms with Crippen LogP contribution in [0.15, 0.2) is 24.3 Å². The minimum atomic E-state index is -0.475. The van der Waals surface area contributed by atoms with Crippen molar-refractivity contribution < 1.29 is 14.6 Å². The van der Waals surface area contributed by atoms with Crippen LogP contribution >= 0.6 is 15.9 Å². The van der Waals surface area contributed by atoms with Crippen LogP contribution in [0.1, 0.15) is 0 Å². The molecule has 0 radical (unpaired) electrons. The van der Waals surface area contributed by atoms with E-state index in [0.29, 0.717) is 5.33 Å². The number of alkyl halides is 1. The molecule has 3 nitrogen and oxygen atoms in total. The van der Waals surface area contributed by atoms with E-state index in [1.54, 1.807) is 19.2 Å². The highest BCUT2D eigenvalue weighted by atomic mass is 79.9. The van der Waals surface area contributed by atoms with Gasteiger partial charge in [-0.2, -0.15) is 0 Å². The van der Waals surface area contributed by atoms with Crippen molar-refractivity contribution in [2.24, 2.45) is 0 Å². The number of ether oxygens (including phenoxy) is 2. The van der Waals surface area contributed by atoms with E-state index in [0.717, 1.165) is 11.5 Å². The van der Waals surface area contributed by atoms with Crippen molar-refractivity contribution in [1.82, 2.24) is 0 Å². The van der Waals surface area contributed by atoms with Crippen molar-refractivity contribution in [3.05, 3.63) is 24.3 Å². The normalized spacial score (nSPS) is 12.2. The Kier molecular flexibility index (Phi) is 4.76. The van der Waals surface area contributed by atoms with Crippen molar-refractivity contribution in [2.45, 2.75) is 6.10 Å². The summed E-state index contributed by atoms with van der Waals surface area (Å²) >= 11 is 3.16. The number of halogens is 1. The maximum Gasteiger partial charge on any atom is 0.119 e. The van der Waals surface area contributed by atoms with E-state index in [2.05, 4.69) is 15.9 Å². The molecule has 78 valence electrons. The first-order chi connectivity index (χ1) is 6.76. The van der Waals surface area contributed by atoms with Gasteiger partial charge in [0.2, 0.25) is 0 Å². The number of aliphatic hydroxyl groups is 1. The second-order valence-corrected chi connectivity index (χ2v) is 3.44. The fraction of sp³-hybridized carbons (Fsp3) is 0.400. The van der Waals surface area contributed by atoms with Crippen molar-refractivity contribution in [1.29, 1.82) is 0 Å². The Morgan fingerprint density at radius 1 is 1.29 bits per heavy atom. The summed E-state index contributed by atoms with van der Waals surface area (Å²) < 4.78 is 10.3. The van der Waals surface area contributed by atoms with Gasteiger partial charge >= 0.3 is 0 Å².